The van der Waals surface area contributed by atoms with Crippen LogP contribution in [0.1, 0.15) is 200 Å². The van der Waals surface area contributed by atoms with E-state index in [9.17, 15) is 0 Å². The standard InChI is InChI=1S/C44H86N2O2/c1-6-8-10-12-14-16-18-20-22-24-26-28-30-32-34-37-44(47-42-43(48-44)36-39-46(5)41-40-45(3)4)38-35-33-31-29-27-25-23-21-19-17-15-13-11-9-7-2/h14,16,19,21,43H,6-13,15,17-18,20,22-42H2,1-5H3/b16-14-,21-19-. The first-order valence-electron chi connectivity index (χ1n) is 21.5. The number of likely N-dealkylation sites (N-methyl/N-ethyl adjacent to an activating group) is 2. The van der Waals surface area contributed by atoms with Crippen molar-refractivity contribution in [3.63, 3.8) is 0 Å². The minimum Gasteiger partial charge on any atom is -0.347 e. The van der Waals surface area contributed by atoms with Crippen molar-refractivity contribution in [1.29, 1.82) is 0 Å². The lowest BCUT2D eigenvalue weighted by Crippen LogP contribution is -2.33. The summed E-state index contributed by atoms with van der Waals surface area (Å²) < 4.78 is 13.4. The van der Waals surface area contributed by atoms with Gasteiger partial charge in [-0.25, -0.2) is 0 Å². The van der Waals surface area contributed by atoms with Crippen molar-refractivity contribution in [1.82, 2.24) is 9.80 Å². The van der Waals surface area contributed by atoms with Crippen molar-refractivity contribution in [3.05, 3.63) is 24.3 Å². The van der Waals surface area contributed by atoms with E-state index < -0.39 is 0 Å². The number of hydrogen-bond donors (Lipinski definition) is 0. The molecular formula is C44H86N2O2. The van der Waals surface area contributed by atoms with E-state index in [4.69, 9.17) is 9.47 Å². The Balaban J connectivity index is 2.25. The molecule has 0 aliphatic carbocycles. The summed E-state index contributed by atoms with van der Waals surface area (Å²) in [6, 6.07) is 0. The highest BCUT2D eigenvalue weighted by Gasteiger charge is 2.40. The predicted octanol–water partition coefficient (Wildman–Crippen LogP) is 13.1. The summed E-state index contributed by atoms with van der Waals surface area (Å²) in [6.45, 7) is 8.65. The molecule has 0 spiro atoms. The van der Waals surface area contributed by atoms with E-state index in [-0.39, 0.29) is 11.9 Å². The molecule has 1 aliphatic heterocycles. The monoisotopic (exact) mass is 675 g/mol. The van der Waals surface area contributed by atoms with Crippen LogP contribution in [0.5, 0.6) is 0 Å². The molecule has 0 amide bonds. The molecule has 1 heterocycles. The molecule has 1 rings (SSSR count). The van der Waals surface area contributed by atoms with Crippen molar-refractivity contribution in [2.45, 2.75) is 212 Å². The van der Waals surface area contributed by atoms with Crippen LogP contribution in [-0.2, 0) is 9.47 Å². The Morgan fingerprint density at radius 3 is 1.35 bits per heavy atom. The first-order chi connectivity index (χ1) is 23.5. The van der Waals surface area contributed by atoms with Gasteiger partial charge in [-0.1, -0.05) is 141 Å². The zero-order valence-corrected chi connectivity index (χ0v) is 33.4. The predicted molar refractivity (Wildman–Crippen MR) is 213 cm³/mol. The van der Waals surface area contributed by atoms with Gasteiger partial charge in [-0.05, 0) is 91.8 Å². The molecule has 0 aromatic carbocycles. The van der Waals surface area contributed by atoms with Crippen molar-refractivity contribution in [2.24, 2.45) is 0 Å². The molecule has 4 heteroatoms. The molecule has 0 aromatic heterocycles. The second kappa shape index (κ2) is 33.5. The van der Waals surface area contributed by atoms with Crippen LogP contribution in [0.2, 0.25) is 0 Å². The molecule has 4 nitrogen and oxygen atoms in total. The normalized spacial score (nSPS) is 18.5. The average Bonchev–Trinajstić information content (AvgIpc) is 3.49. The Labute approximate surface area is 302 Å². The van der Waals surface area contributed by atoms with E-state index in [1.54, 1.807) is 0 Å². The van der Waals surface area contributed by atoms with E-state index in [0.717, 1.165) is 45.5 Å². The van der Waals surface area contributed by atoms with Crippen LogP contribution >= 0.6 is 0 Å². The summed E-state index contributed by atoms with van der Waals surface area (Å²) in [4.78, 5) is 4.71. The third-order valence-corrected chi connectivity index (χ3v) is 10.3. The summed E-state index contributed by atoms with van der Waals surface area (Å²) in [5, 5.41) is 0. The van der Waals surface area contributed by atoms with Crippen LogP contribution in [0.3, 0.4) is 0 Å². The van der Waals surface area contributed by atoms with Gasteiger partial charge in [-0.3, -0.25) is 0 Å². The van der Waals surface area contributed by atoms with Crippen LogP contribution in [-0.4, -0.2) is 69.1 Å². The zero-order chi connectivity index (χ0) is 34.8. The molecule has 0 radical (unpaired) electrons. The fourth-order valence-electron chi connectivity index (χ4n) is 6.92. The summed E-state index contributed by atoms with van der Waals surface area (Å²) in [5.41, 5.74) is 0. The van der Waals surface area contributed by atoms with Gasteiger partial charge in [-0.15, -0.1) is 0 Å². The van der Waals surface area contributed by atoms with Crippen molar-refractivity contribution in [3.8, 4) is 0 Å². The number of nitrogens with zero attached hydrogens (tertiary/aromatic N) is 2. The molecule has 284 valence electrons. The van der Waals surface area contributed by atoms with Crippen molar-refractivity contribution < 1.29 is 9.47 Å². The number of unbranched alkanes of at least 4 members (excludes halogenated alkanes) is 22. The summed E-state index contributed by atoms with van der Waals surface area (Å²) >= 11 is 0. The van der Waals surface area contributed by atoms with Crippen LogP contribution in [0.15, 0.2) is 24.3 Å². The highest BCUT2D eigenvalue weighted by Crippen LogP contribution is 2.35. The third kappa shape index (κ3) is 28.1. The minimum absolute atomic E-state index is 0.252. The number of hydrogen-bond acceptors (Lipinski definition) is 4. The van der Waals surface area contributed by atoms with Crippen LogP contribution in [0.4, 0.5) is 0 Å². The van der Waals surface area contributed by atoms with E-state index in [2.05, 4.69) is 69.1 Å². The molecule has 0 N–H and O–H groups in total. The SMILES string of the molecule is CCCCC/C=C\CCCCCCCCCCC1(CCCCCCCC/C=C\CCCCCCC)OCC(CCN(C)CCN(C)C)O1. The van der Waals surface area contributed by atoms with Crippen molar-refractivity contribution in [2.75, 3.05) is 47.4 Å². The van der Waals surface area contributed by atoms with Gasteiger partial charge in [0.25, 0.3) is 0 Å². The van der Waals surface area contributed by atoms with E-state index >= 15 is 0 Å². The van der Waals surface area contributed by atoms with Gasteiger partial charge < -0.3 is 19.3 Å². The average molecular weight is 675 g/mol. The van der Waals surface area contributed by atoms with Gasteiger partial charge in [-0.2, -0.15) is 0 Å². The minimum atomic E-state index is -0.321. The summed E-state index contributed by atoms with van der Waals surface area (Å²) in [6.07, 6.45) is 48.1. The smallest absolute Gasteiger partial charge is 0.168 e. The molecule has 2 unspecified atom stereocenters. The van der Waals surface area contributed by atoms with E-state index in [1.807, 2.05) is 0 Å². The Kier molecular flexibility index (Phi) is 31.6. The second-order valence-corrected chi connectivity index (χ2v) is 15.5. The van der Waals surface area contributed by atoms with Gasteiger partial charge in [0.1, 0.15) is 0 Å². The molecule has 1 fully saturated rings. The Morgan fingerprint density at radius 1 is 0.500 bits per heavy atom. The lowest BCUT2D eigenvalue weighted by molar-refractivity contribution is -0.180. The van der Waals surface area contributed by atoms with Crippen molar-refractivity contribution >= 4 is 0 Å². The third-order valence-electron chi connectivity index (χ3n) is 10.3. The van der Waals surface area contributed by atoms with E-state index in [0.29, 0.717) is 0 Å². The molecule has 0 bridgehead atoms. The van der Waals surface area contributed by atoms with Gasteiger partial charge in [0.2, 0.25) is 0 Å². The summed E-state index contributed by atoms with van der Waals surface area (Å²) in [7, 11) is 6.55. The molecule has 2 atom stereocenters. The lowest BCUT2D eigenvalue weighted by Gasteiger charge is -2.29. The van der Waals surface area contributed by atoms with Crippen LogP contribution < -0.4 is 0 Å². The molecule has 48 heavy (non-hydrogen) atoms. The number of ether oxygens (including phenoxy) is 2. The molecule has 1 aliphatic rings. The van der Waals surface area contributed by atoms with Gasteiger partial charge >= 0.3 is 0 Å². The fourth-order valence-corrected chi connectivity index (χ4v) is 6.92. The first-order valence-corrected chi connectivity index (χ1v) is 21.5. The highest BCUT2D eigenvalue weighted by atomic mass is 16.7. The van der Waals surface area contributed by atoms with E-state index in [1.165, 1.54) is 167 Å². The maximum Gasteiger partial charge on any atom is 0.168 e. The molecular weight excluding hydrogens is 588 g/mol. The zero-order valence-electron chi connectivity index (χ0n) is 33.4. The van der Waals surface area contributed by atoms with Gasteiger partial charge in [0.05, 0.1) is 12.7 Å². The highest BCUT2D eigenvalue weighted by molar-refractivity contribution is 4.83. The molecule has 0 saturated carbocycles. The Hall–Kier alpha value is -0.680. The second-order valence-electron chi connectivity index (χ2n) is 15.5. The Bertz CT molecular complexity index is 723. The maximum atomic E-state index is 6.79. The topological polar surface area (TPSA) is 24.9 Å². The summed E-state index contributed by atoms with van der Waals surface area (Å²) in [5.74, 6) is -0.321. The van der Waals surface area contributed by atoms with Crippen LogP contribution in [0, 0.1) is 0 Å². The lowest BCUT2D eigenvalue weighted by atomic mass is 9.98. The maximum absolute atomic E-state index is 6.79. The molecule has 1 saturated heterocycles. The first kappa shape index (κ1) is 45.3. The molecule has 0 aromatic rings. The Morgan fingerprint density at radius 2 is 0.896 bits per heavy atom. The largest absolute Gasteiger partial charge is 0.347 e. The number of allylic oxidation sites excluding steroid dienone is 4. The fraction of sp³-hybridized carbons (Fsp3) is 0.909. The number of rotatable bonds is 36. The van der Waals surface area contributed by atoms with Gasteiger partial charge in [0.15, 0.2) is 5.79 Å². The van der Waals surface area contributed by atoms with Gasteiger partial charge in [0, 0.05) is 32.5 Å². The quantitative estimate of drug-likeness (QED) is 0.0488. The van der Waals surface area contributed by atoms with Crippen LogP contribution in [0.25, 0.3) is 0 Å².